The maximum Gasteiger partial charge on any atom is 0.330 e. The van der Waals surface area contributed by atoms with Gasteiger partial charge in [-0.15, -0.1) is 0 Å². The smallest absolute Gasteiger partial charge is 0.330 e. The molecule has 1 aliphatic carbocycles. The summed E-state index contributed by atoms with van der Waals surface area (Å²) in [6.45, 7) is 0.607. The molecule has 0 bridgehead atoms. The molecule has 0 spiro atoms. The summed E-state index contributed by atoms with van der Waals surface area (Å²) >= 11 is 0. The number of hydrogen-bond donors (Lipinski definition) is 2. The second-order valence-electron chi connectivity index (χ2n) is 6.96. The molecule has 26 heavy (non-hydrogen) atoms. The van der Waals surface area contributed by atoms with Gasteiger partial charge < -0.3 is 15.2 Å². The molecular formula is C21H21NO4. The summed E-state index contributed by atoms with van der Waals surface area (Å²) < 4.78 is 5.45. The number of benzene rings is 2. The van der Waals surface area contributed by atoms with Crippen molar-refractivity contribution in [3.63, 3.8) is 0 Å². The Hall–Kier alpha value is -2.82. The van der Waals surface area contributed by atoms with Crippen LogP contribution in [-0.2, 0) is 11.2 Å². The number of carboxylic acid groups (broad SMARTS) is 1. The number of carbonyl (C=O) groups excluding carboxylic acids is 1. The first kappa shape index (κ1) is 16.6. The predicted octanol–water partition coefficient (Wildman–Crippen LogP) is 3.44. The van der Waals surface area contributed by atoms with Crippen LogP contribution in [0.15, 0.2) is 42.5 Å². The molecule has 5 heteroatoms. The van der Waals surface area contributed by atoms with E-state index in [0.29, 0.717) is 23.7 Å². The summed E-state index contributed by atoms with van der Waals surface area (Å²) in [6, 6.07) is 11.7. The van der Waals surface area contributed by atoms with Crippen molar-refractivity contribution in [3.05, 3.63) is 64.7 Å². The first-order chi connectivity index (χ1) is 12.6. The van der Waals surface area contributed by atoms with Crippen LogP contribution in [0.25, 0.3) is 0 Å². The molecule has 0 aromatic heterocycles. The number of ether oxygens (including phenoxy) is 1. The molecule has 1 fully saturated rings. The lowest BCUT2D eigenvalue weighted by molar-refractivity contribution is -0.139. The van der Waals surface area contributed by atoms with Gasteiger partial charge in [0.05, 0.1) is 6.61 Å². The molecule has 2 aromatic rings. The van der Waals surface area contributed by atoms with Crippen LogP contribution in [0.1, 0.15) is 58.3 Å². The molecular weight excluding hydrogens is 330 g/mol. The second-order valence-corrected chi connectivity index (χ2v) is 6.96. The summed E-state index contributed by atoms with van der Waals surface area (Å²) in [5, 5.41) is 12.2. The number of aliphatic carboxylic acids is 1. The average Bonchev–Trinajstić information content (AvgIpc) is 3.06. The fourth-order valence-corrected chi connectivity index (χ4v) is 3.54. The Morgan fingerprint density at radius 2 is 1.88 bits per heavy atom. The van der Waals surface area contributed by atoms with Crippen molar-refractivity contribution in [3.8, 4) is 5.75 Å². The Kier molecular flexibility index (Phi) is 4.37. The zero-order valence-electron chi connectivity index (χ0n) is 14.4. The molecule has 1 atom stereocenters. The molecule has 134 valence electrons. The molecule has 1 unspecified atom stereocenters. The largest absolute Gasteiger partial charge is 0.493 e. The van der Waals surface area contributed by atoms with Gasteiger partial charge in [0.1, 0.15) is 5.75 Å². The Morgan fingerprint density at radius 1 is 1.12 bits per heavy atom. The topological polar surface area (TPSA) is 75.6 Å². The number of amides is 1. The zero-order chi connectivity index (χ0) is 18.1. The Labute approximate surface area is 152 Å². The SMILES string of the molecule is O=C(NC(C(=O)O)c1ccc2c(c1)CCO2)c1ccc(C2CCC2)cc1. The fraction of sp³-hybridized carbons (Fsp3) is 0.333. The summed E-state index contributed by atoms with van der Waals surface area (Å²) in [7, 11) is 0. The van der Waals surface area contributed by atoms with E-state index in [1.54, 1.807) is 30.3 Å². The number of hydrogen-bond acceptors (Lipinski definition) is 3. The van der Waals surface area contributed by atoms with Crippen LogP contribution in [0, 0.1) is 0 Å². The van der Waals surface area contributed by atoms with E-state index in [1.165, 1.54) is 24.8 Å². The average molecular weight is 351 g/mol. The van der Waals surface area contributed by atoms with Crippen molar-refractivity contribution in [2.24, 2.45) is 0 Å². The van der Waals surface area contributed by atoms with Crippen LogP contribution in [-0.4, -0.2) is 23.6 Å². The minimum atomic E-state index is -1.08. The lowest BCUT2D eigenvalue weighted by Crippen LogP contribution is -2.33. The standard InChI is InChI=1S/C21H21NO4/c23-20(15-6-4-14(5-7-15)13-2-1-3-13)22-19(21(24)25)17-8-9-18-16(12-17)10-11-26-18/h4-9,12-13,19H,1-3,10-11H2,(H,22,23)(H,24,25). The summed E-state index contributed by atoms with van der Waals surface area (Å²) in [4.78, 5) is 24.2. The third-order valence-electron chi connectivity index (χ3n) is 5.32. The van der Waals surface area contributed by atoms with Gasteiger partial charge in [-0.3, -0.25) is 4.79 Å². The van der Waals surface area contributed by atoms with Crippen molar-refractivity contribution in [1.82, 2.24) is 5.32 Å². The highest BCUT2D eigenvalue weighted by Gasteiger charge is 2.25. The molecule has 2 aromatic carbocycles. The normalized spacial score (nSPS) is 16.9. The monoisotopic (exact) mass is 351 g/mol. The van der Waals surface area contributed by atoms with Crippen molar-refractivity contribution in [2.75, 3.05) is 6.61 Å². The Morgan fingerprint density at radius 3 is 2.54 bits per heavy atom. The molecule has 1 aliphatic heterocycles. The van der Waals surface area contributed by atoms with Crippen LogP contribution in [0.4, 0.5) is 0 Å². The van der Waals surface area contributed by atoms with Gasteiger partial charge in [0.2, 0.25) is 0 Å². The molecule has 4 rings (SSSR count). The third kappa shape index (κ3) is 3.17. The number of nitrogens with one attached hydrogen (secondary N) is 1. The van der Waals surface area contributed by atoms with Gasteiger partial charge in [0.25, 0.3) is 5.91 Å². The molecule has 0 saturated heterocycles. The second kappa shape index (κ2) is 6.83. The highest BCUT2D eigenvalue weighted by molar-refractivity contribution is 5.96. The number of rotatable bonds is 5. The van der Waals surface area contributed by atoms with Crippen LogP contribution in [0.3, 0.4) is 0 Å². The molecule has 1 saturated carbocycles. The van der Waals surface area contributed by atoms with Gasteiger partial charge >= 0.3 is 5.97 Å². The van der Waals surface area contributed by atoms with Crippen molar-refractivity contribution in [1.29, 1.82) is 0 Å². The number of fused-ring (bicyclic) bond motifs is 1. The van der Waals surface area contributed by atoms with Crippen LogP contribution < -0.4 is 10.1 Å². The summed E-state index contributed by atoms with van der Waals surface area (Å²) in [5.41, 5.74) is 3.26. The van der Waals surface area contributed by atoms with E-state index < -0.39 is 12.0 Å². The van der Waals surface area contributed by atoms with Gasteiger partial charge in [-0.05, 0) is 59.7 Å². The quantitative estimate of drug-likeness (QED) is 0.865. The predicted molar refractivity (Wildman–Crippen MR) is 96.5 cm³/mol. The van der Waals surface area contributed by atoms with Crippen LogP contribution in [0.2, 0.25) is 0 Å². The molecule has 1 amide bonds. The maximum absolute atomic E-state index is 12.5. The van der Waals surface area contributed by atoms with Gasteiger partial charge in [-0.25, -0.2) is 4.79 Å². The molecule has 1 heterocycles. The van der Waals surface area contributed by atoms with Gasteiger partial charge in [-0.1, -0.05) is 24.6 Å². The minimum Gasteiger partial charge on any atom is -0.493 e. The van der Waals surface area contributed by atoms with E-state index in [9.17, 15) is 14.7 Å². The van der Waals surface area contributed by atoms with Crippen LogP contribution >= 0.6 is 0 Å². The maximum atomic E-state index is 12.5. The van der Waals surface area contributed by atoms with E-state index in [2.05, 4.69) is 5.32 Å². The summed E-state index contributed by atoms with van der Waals surface area (Å²) in [5.74, 6) is -0.0686. The van der Waals surface area contributed by atoms with E-state index in [0.717, 1.165) is 17.7 Å². The highest BCUT2D eigenvalue weighted by atomic mass is 16.5. The zero-order valence-corrected chi connectivity index (χ0v) is 14.4. The first-order valence-corrected chi connectivity index (χ1v) is 9.01. The van der Waals surface area contributed by atoms with Crippen molar-refractivity contribution < 1.29 is 19.4 Å². The van der Waals surface area contributed by atoms with E-state index in [-0.39, 0.29) is 5.91 Å². The molecule has 2 N–H and O–H groups in total. The highest BCUT2D eigenvalue weighted by Crippen LogP contribution is 2.36. The number of carboxylic acids is 1. The molecule has 0 radical (unpaired) electrons. The van der Waals surface area contributed by atoms with Gasteiger partial charge in [0, 0.05) is 12.0 Å². The lowest BCUT2D eigenvalue weighted by Gasteiger charge is -2.25. The van der Waals surface area contributed by atoms with Gasteiger partial charge in [0.15, 0.2) is 6.04 Å². The number of carbonyl (C=O) groups is 2. The Balaban J connectivity index is 1.51. The van der Waals surface area contributed by atoms with Gasteiger partial charge in [-0.2, -0.15) is 0 Å². The van der Waals surface area contributed by atoms with E-state index in [1.807, 2.05) is 12.1 Å². The van der Waals surface area contributed by atoms with Crippen molar-refractivity contribution >= 4 is 11.9 Å². The lowest BCUT2D eigenvalue weighted by atomic mass is 9.80. The third-order valence-corrected chi connectivity index (χ3v) is 5.32. The van der Waals surface area contributed by atoms with E-state index >= 15 is 0 Å². The first-order valence-electron chi connectivity index (χ1n) is 9.01. The minimum absolute atomic E-state index is 0.380. The van der Waals surface area contributed by atoms with Crippen molar-refractivity contribution in [2.45, 2.75) is 37.6 Å². The van der Waals surface area contributed by atoms with E-state index in [4.69, 9.17) is 4.74 Å². The Bertz CT molecular complexity index is 840. The fourth-order valence-electron chi connectivity index (χ4n) is 3.54. The summed E-state index contributed by atoms with van der Waals surface area (Å²) in [6.07, 6.45) is 4.43. The molecule has 2 aliphatic rings. The molecule has 5 nitrogen and oxygen atoms in total. The van der Waals surface area contributed by atoms with Crippen LogP contribution in [0.5, 0.6) is 5.75 Å².